The highest BCUT2D eigenvalue weighted by atomic mass is 16.7. The van der Waals surface area contributed by atoms with Gasteiger partial charge in [-0.1, -0.05) is 18.2 Å². The van der Waals surface area contributed by atoms with E-state index in [0.717, 1.165) is 18.4 Å². The summed E-state index contributed by atoms with van der Waals surface area (Å²) < 4.78 is 0. The second kappa shape index (κ2) is 6.33. The van der Waals surface area contributed by atoms with Crippen molar-refractivity contribution >= 4 is 11.9 Å². The van der Waals surface area contributed by atoms with E-state index in [9.17, 15) is 9.59 Å². The molecule has 1 aliphatic rings. The van der Waals surface area contributed by atoms with E-state index in [2.05, 4.69) is 22.5 Å². The van der Waals surface area contributed by atoms with Gasteiger partial charge in [-0.2, -0.15) is 0 Å². The van der Waals surface area contributed by atoms with Gasteiger partial charge in [-0.05, 0) is 42.4 Å². The van der Waals surface area contributed by atoms with Crippen LogP contribution in [0.25, 0.3) is 0 Å². The smallest absolute Gasteiger partial charge is 0.332 e. The van der Waals surface area contributed by atoms with Crippen LogP contribution in [0.4, 0.5) is 0 Å². The molecule has 0 saturated carbocycles. The lowest BCUT2D eigenvalue weighted by molar-refractivity contribution is -0.149. The summed E-state index contributed by atoms with van der Waals surface area (Å²) in [4.78, 5) is 26.3. The van der Waals surface area contributed by atoms with Gasteiger partial charge in [-0.25, -0.2) is 10.3 Å². The zero-order valence-electron chi connectivity index (χ0n) is 10.6. The van der Waals surface area contributed by atoms with Crippen LogP contribution in [0.2, 0.25) is 0 Å². The van der Waals surface area contributed by atoms with Crippen molar-refractivity contribution in [3.8, 4) is 0 Å². The van der Waals surface area contributed by atoms with E-state index in [4.69, 9.17) is 5.11 Å². The molecule has 19 heavy (non-hydrogen) atoms. The maximum absolute atomic E-state index is 11.5. The zero-order chi connectivity index (χ0) is 13.7. The Bertz CT molecular complexity index is 484. The number of rotatable bonds is 5. The number of hydrogen-bond donors (Lipinski definition) is 2. The summed E-state index contributed by atoms with van der Waals surface area (Å²) in [6.45, 7) is -0.532. The molecule has 1 amide bonds. The van der Waals surface area contributed by atoms with Gasteiger partial charge in [0.25, 0.3) is 0 Å². The fraction of sp³-hybridized carbons (Fsp3) is 0.429. The Hall–Kier alpha value is -1.88. The predicted molar refractivity (Wildman–Crippen MR) is 68.5 cm³/mol. The Morgan fingerprint density at radius 2 is 1.95 bits per heavy atom. The van der Waals surface area contributed by atoms with Crippen molar-refractivity contribution in [2.75, 3.05) is 6.61 Å². The highest BCUT2D eigenvalue weighted by Gasteiger charge is 2.11. The molecule has 2 N–H and O–H groups in total. The molecular formula is C14H17NO4. The lowest BCUT2D eigenvalue weighted by Gasteiger charge is -2.16. The summed E-state index contributed by atoms with van der Waals surface area (Å²) in [6, 6.07) is 6.08. The number of hydroxylamine groups is 1. The lowest BCUT2D eigenvalue weighted by Crippen LogP contribution is -2.28. The van der Waals surface area contributed by atoms with E-state index in [-0.39, 0.29) is 12.3 Å². The Morgan fingerprint density at radius 1 is 1.21 bits per heavy atom. The number of carboxylic acid groups (broad SMARTS) is 1. The maximum atomic E-state index is 11.5. The first kappa shape index (κ1) is 13.5. The summed E-state index contributed by atoms with van der Waals surface area (Å²) in [7, 11) is 0. The third kappa shape index (κ3) is 4.06. The van der Waals surface area contributed by atoms with Gasteiger partial charge in [0.2, 0.25) is 5.91 Å². The van der Waals surface area contributed by atoms with Crippen LogP contribution >= 0.6 is 0 Å². The van der Waals surface area contributed by atoms with Gasteiger partial charge in [-0.3, -0.25) is 9.63 Å². The molecule has 0 unspecified atom stereocenters. The summed E-state index contributed by atoms with van der Waals surface area (Å²) in [5.41, 5.74) is 5.75. The molecule has 1 aliphatic carbocycles. The van der Waals surface area contributed by atoms with Gasteiger partial charge >= 0.3 is 5.97 Å². The van der Waals surface area contributed by atoms with Crippen molar-refractivity contribution in [1.82, 2.24) is 5.48 Å². The topological polar surface area (TPSA) is 75.6 Å². The highest BCUT2D eigenvalue weighted by Crippen LogP contribution is 2.22. The SMILES string of the molecule is O=C(O)CONC(=O)Cc1ccc2c(c1)CCCC2. The number of carbonyl (C=O) groups excluding carboxylic acids is 1. The van der Waals surface area contributed by atoms with Crippen LogP contribution in [-0.4, -0.2) is 23.6 Å². The fourth-order valence-corrected chi connectivity index (χ4v) is 2.30. The zero-order valence-corrected chi connectivity index (χ0v) is 10.6. The summed E-state index contributed by atoms with van der Waals surface area (Å²) in [6.07, 6.45) is 4.82. The number of fused-ring (bicyclic) bond motifs is 1. The van der Waals surface area contributed by atoms with E-state index in [0.29, 0.717) is 0 Å². The third-order valence-corrected chi connectivity index (χ3v) is 3.16. The van der Waals surface area contributed by atoms with Crippen LogP contribution in [0, 0.1) is 0 Å². The molecule has 0 bridgehead atoms. The molecule has 0 radical (unpaired) electrons. The number of carbonyl (C=O) groups is 2. The monoisotopic (exact) mass is 263 g/mol. The number of carboxylic acids is 1. The molecule has 0 fully saturated rings. The molecule has 0 aliphatic heterocycles. The van der Waals surface area contributed by atoms with Gasteiger partial charge in [0, 0.05) is 0 Å². The Labute approximate surface area is 111 Å². The minimum atomic E-state index is -1.12. The van der Waals surface area contributed by atoms with Gasteiger partial charge in [0.1, 0.15) is 0 Å². The van der Waals surface area contributed by atoms with Crippen molar-refractivity contribution in [3.05, 3.63) is 34.9 Å². The van der Waals surface area contributed by atoms with E-state index < -0.39 is 12.6 Å². The fourth-order valence-electron chi connectivity index (χ4n) is 2.30. The molecule has 0 atom stereocenters. The first-order valence-electron chi connectivity index (χ1n) is 6.38. The Morgan fingerprint density at radius 3 is 2.68 bits per heavy atom. The number of aliphatic carboxylic acids is 1. The van der Waals surface area contributed by atoms with Gasteiger partial charge in [0.15, 0.2) is 6.61 Å². The van der Waals surface area contributed by atoms with E-state index >= 15 is 0 Å². The van der Waals surface area contributed by atoms with Gasteiger partial charge < -0.3 is 5.11 Å². The minimum absolute atomic E-state index is 0.201. The summed E-state index contributed by atoms with van der Waals surface area (Å²) >= 11 is 0. The summed E-state index contributed by atoms with van der Waals surface area (Å²) in [5, 5.41) is 8.37. The normalized spacial score (nSPS) is 13.7. The molecule has 5 nitrogen and oxygen atoms in total. The summed E-state index contributed by atoms with van der Waals surface area (Å²) in [5.74, 6) is -1.45. The Balaban J connectivity index is 1.88. The Kier molecular flexibility index (Phi) is 4.52. The van der Waals surface area contributed by atoms with Gasteiger partial charge in [0.05, 0.1) is 6.42 Å². The van der Waals surface area contributed by atoms with Gasteiger partial charge in [-0.15, -0.1) is 0 Å². The predicted octanol–water partition coefficient (Wildman–Crippen LogP) is 1.24. The minimum Gasteiger partial charge on any atom is -0.479 e. The maximum Gasteiger partial charge on any atom is 0.332 e. The molecule has 0 aromatic heterocycles. The molecular weight excluding hydrogens is 246 g/mol. The lowest BCUT2D eigenvalue weighted by atomic mass is 9.90. The van der Waals surface area contributed by atoms with Crippen LogP contribution in [-0.2, 0) is 33.7 Å². The standard InChI is InChI=1S/C14H17NO4/c16-13(15-19-9-14(17)18)8-10-5-6-11-3-1-2-4-12(11)7-10/h5-7H,1-4,8-9H2,(H,15,16)(H,17,18). The highest BCUT2D eigenvalue weighted by molar-refractivity contribution is 5.78. The van der Waals surface area contributed by atoms with Crippen molar-refractivity contribution in [2.45, 2.75) is 32.1 Å². The van der Waals surface area contributed by atoms with E-state index in [1.165, 1.54) is 24.0 Å². The van der Waals surface area contributed by atoms with Crippen molar-refractivity contribution in [1.29, 1.82) is 0 Å². The molecule has 0 spiro atoms. The molecule has 0 heterocycles. The quantitative estimate of drug-likeness (QED) is 0.784. The van der Waals surface area contributed by atoms with Crippen LogP contribution < -0.4 is 5.48 Å². The number of amides is 1. The molecule has 2 rings (SSSR count). The molecule has 1 aromatic carbocycles. The average molecular weight is 263 g/mol. The number of nitrogens with one attached hydrogen (secondary N) is 1. The third-order valence-electron chi connectivity index (χ3n) is 3.16. The van der Waals surface area contributed by atoms with Crippen LogP contribution in [0.5, 0.6) is 0 Å². The molecule has 0 saturated heterocycles. The average Bonchev–Trinajstić information content (AvgIpc) is 2.38. The first-order chi connectivity index (χ1) is 9.15. The van der Waals surface area contributed by atoms with Crippen LogP contribution in [0.3, 0.4) is 0 Å². The second-order valence-electron chi connectivity index (χ2n) is 4.69. The van der Waals surface area contributed by atoms with Crippen LogP contribution in [0.1, 0.15) is 29.5 Å². The van der Waals surface area contributed by atoms with E-state index in [1.54, 1.807) is 0 Å². The molecule has 102 valence electrons. The van der Waals surface area contributed by atoms with Crippen molar-refractivity contribution in [2.24, 2.45) is 0 Å². The largest absolute Gasteiger partial charge is 0.479 e. The van der Waals surface area contributed by atoms with Crippen LogP contribution in [0.15, 0.2) is 18.2 Å². The molecule has 1 aromatic rings. The number of aryl methyl sites for hydroxylation is 2. The number of benzene rings is 1. The molecule has 5 heteroatoms. The first-order valence-corrected chi connectivity index (χ1v) is 6.38. The second-order valence-corrected chi connectivity index (χ2v) is 4.69. The number of hydrogen-bond acceptors (Lipinski definition) is 3. The van der Waals surface area contributed by atoms with E-state index in [1.807, 2.05) is 6.07 Å². The van der Waals surface area contributed by atoms with Crippen molar-refractivity contribution in [3.63, 3.8) is 0 Å². The van der Waals surface area contributed by atoms with Crippen molar-refractivity contribution < 1.29 is 19.5 Å².